The summed E-state index contributed by atoms with van der Waals surface area (Å²) in [6, 6.07) is 7.75. The largest absolute Gasteiger partial charge is 0.340 e. The molecule has 7 heteroatoms. The number of nitrogens with zero attached hydrogens (tertiary/aromatic N) is 5. The van der Waals surface area contributed by atoms with E-state index in [1.165, 1.54) is 6.33 Å². The first kappa shape index (κ1) is 13.6. The maximum atomic E-state index is 9.19. The van der Waals surface area contributed by atoms with E-state index >= 15 is 0 Å². The van der Waals surface area contributed by atoms with Crippen molar-refractivity contribution in [2.75, 3.05) is 5.88 Å². The number of hydrogen-bond acceptors (Lipinski definition) is 5. The molecule has 0 saturated carbocycles. The quantitative estimate of drug-likeness (QED) is 0.676. The van der Waals surface area contributed by atoms with E-state index in [0.717, 1.165) is 11.3 Å². The van der Waals surface area contributed by atoms with Crippen LogP contribution in [0.25, 0.3) is 11.0 Å². The van der Waals surface area contributed by atoms with Gasteiger partial charge in [-0.2, -0.15) is 10.2 Å². The van der Waals surface area contributed by atoms with Gasteiger partial charge in [0.15, 0.2) is 6.33 Å². The molecule has 0 aliphatic rings. The van der Waals surface area contributed by atoms with Gasteiger partial charge in [-0.25, -0.2) is 4.98 Å². The van der Waals surface area contributed by atoms with E-state index < -0.39 is 0 Å². The summed E-state index contributed by atoms with van der Waals surface area (Å²) in [5.74, 6) is 1.92. The zero-order valence-corrected chi connectivity index (χ0v) is 11.9. The number of rotatable bonds is 5. The normalized spacial score (nSPS) is 10.9. The molecule has 106 valence electrons. The van der Waals surface area contributed by atoms with E-state index in [2.05, 4.69) is 25.8 Å². The Labute approximate surface area is 126 Å². The lowest BCUT2D eigenvalue weighted by Crippen LogP contribution is -2.07. The van der Waals surface area contributed by atoms with Gasteiger partial charge in [0.25, 0.3) is 0 Å². The van der Waals surface area contributed by atoms with Crippen LogP contribution >= 0.6 is 11.6 Å². The summed E-state index contributed by atoms with van der Waals surface area (Å²) in [6.07, 6.45) is 2.64. The molecule has 3 aromatic rings. The van der Waals surface area contributed by atoms with Crippen molar-refractivity contribution in [1.82, 2.24) is 19.7 Å². The van der Waals surface area contributed by atoms with Crippen LogP contribution in [-0.4, -0.2) is 25.6 Å². The number of halogens is 1. The average Bonchev–Trinajstić information content (AvgIpc) is 3.12. The van der Waals surface area contributed by atoms with Crippen molar-refractivity contribution >= 4 is 22.6 Å². The van der Waals surface area contributed by atoms with Gasteiger partial charge in [-0.15, -0.1) is 11.6 Å². The van der Waals surface area contributed by atoms with E-state index in [1.807, 2.05) is 12.1 Å². The summed E-state index contributed by atoms with van der Waals surface area (Å²) in [5.41, 5.74) is 2.21. The molecule has 0 spiro atoms. The molecule has 0 N–H and O–H groups in total. The van der Waals surface area contributed by atoms with Crippen LogP contribution in [0.5, 0.6) is 0 Å². The number of hydrogen-bond donors (Lipinski definition) is 0. The molecule has 0 bridgehead atoms. The van der Waals surface area contributed by atoms with Gasteiger partial charge in [-0.3, -0.25) is 0 Å². The van der Waals surface area contributed by atoms with Crippen molar-refractivity contribution in [3.63, 3.8) is 0 Å². The van der Waals surface area contributed by atoms with Gasteiger partial charge in [0, 0.05) is 25.3 Å². The third-order valence-electron chi connectivity index (χ3n) is 3.25. The third-order valence-corrected chi connectivity index (χ3v) is 3.44. The van der Waals surface area contributed by atoms with Crippen LogP contribution < -0.4 is 0 Å². The first-order valence-corrected chi connectivity index (χ1v) is 7.06. The second-order valence-corrected chi connectivity index (χ2v) is 4.87. The number of benzene rings is 1. The summed E-state index contributed by atoms with van der Waals surface area (Å²) < 4.78 is 7.07. The standard InChI is InChI=1S/C14H12ClN5O/c15-6-4-12-19-14-10(8-16)2-1-3-11(14)20(12)7-5-13-17-9-18-21-13/h1-3,9H,4-7H2. The minimum Gasteiger partial charge on any atom is -0.340 e. The Morgan fingerprint density at radius 2 is 2.24 bits per heavy atom. The molecule has 3 rings (SSSR count). The van der Waals surface area contributed by atoms with Crippen molar-refractivity contribution in [2.24, 2.45) is 0 Å². The van der Waals surface area contributed by atoms with Gasteiger partial charge in [-0.05, 0) is 12.1 Å². The van der Waals surface area contributed by atoms with Gasteiger partial charge < -0.3 is 9.09 Å². The van der Waals surface area contributed by atoms with Crippen LogP contribution in [0.3, 0.4) is 0 Å². The Morgan fingerprint density at radius 1 is 1.33 bits per heavy atom. The molecule has 0 radical (unpaired) electrons. The Bertz CT molecular complexity index is 788. The summed E-state index contributed by atoms with van der Waals surface area (Å²) in [7, 11) is 0. The monoisotopic (exact) mass is 301 g/mol. The number of nitriles is 1. The summed E-state index contributed by atoms with van der Waals surface area (Å²) >= 11 is 5.85. The van der Waals surface area contributed by atoms with Crippen LogP contribution in [0.4, 0.5) is 0 Å². The fourth-order valence-electron chi connectivity index (χ4n) is 2.32. The Kier molecular flexibility index (Phi) is 3.84. The van der Waals surface area contributed by atoms with Crippen LogP contribution in [0.15, 0.2) is 29.0 Å². The number of fused-ring (bicyclic) bond motifs is 1. The highest BCUT2D eigenvalue weighted by Gasteiger charge is 2.14. The molecule has 2 aromatic heterocycles. The molecular formula is C14H12ClN5O. The molecule has 0 unspecified atom stereocenters. The first-order chi connectivity index (χ1) is 10.3. The van der Waals surface area contributed by atoms with Crippen molar-refractivity contribution in [2.45, 2.75) is 19.4 Å². The van der Waals surface area contributed by atoms with Gasteiger partial charge in [-0.1, -0.05) is 11.2 Å². The summed E-state index contributed by atoms with van der Waals surface area (Å²) in [6.45, 7) is 0.653. The van der Waals surface area contributed by atoms with Crippen LogP contribution in [0, 0.1) is 11.3 Å². The SMILES string of the molecule is N#Cc1cccc2c1nc(CCCl)n2CCc1ncno1. The Balaban J connectivity index is 2.02. The molecule has 2 heterocycles. The van der Waals surface area contributed by atoms with Crippen molar-refractivity contribution in [3.8, 4) is 6.07 Å². The van der Waals surface area contributed by atoms with Gasteiger partial charge >= 0.3 is 0 Å². The summed E-state index contributed by atoms with van der Waals surface area (Å²) in [5, 5.41) is 12.8. The molecule has 0 saturated heterocycles. The molecular weight excluding hydrogens is 290 g/mol. The third kappa shape index (κ3) is 2.60. The minimum absolute atomic E-state index is 0.478. The number of aryl methyl sites for hydroxylation is 3. The predicted molar refractivity (Wildman–Crippen MR) is 76.9 cm³/mol. The number of imidazole rings is 1. The molecule has 21 heavy (non-hydrogen) atoms. The van der Waals surface area contributed by atoms with Crippen molar-refractivity contribution in [3.05, 3.63) is 41.8 Å². The van der Waals surface area contributed by atoms with Crippen LogP contribution in [0.1, 0.15) is 17.3 Å². The maximum Gasteiger partial charge on any atom is 0.228 e. The Hall–Kier alpha value is -2.39. The summed E-state index contributed by atoms with van der Waals surface area (Å²) in [4.78, 5) is 8.58. The lowest BCUT2D eigenvalue weighted by Gasteiger charge is -2.06. The fraction of sp³-hybridized carbons (Fsp3) is 0.286. The topological polar surface area (TPSA) is 80.5 Å². The zero-order valence-electron chi connectivity index (χ0n) is 11.2. The van der Waals surface area contributed by atoms with Crippen molar-refractivity contribution < 1.29 is 4.52 Å². The van der Waals surface area contributed by atoms with Crippen LogP contribution in [-0.2, 0) is 19.4 Å². The highest BCUT2D eigenvalue weighted by atomic mass is 35.5. The maximum absolute atomic E-state index is 9.19. The number of alkyl halides is 1. The molecule has 0 aliphatic carbocycles. The minimum atomic E-state index is 0.478. The highest BCUT2D eigenvalue weighted by molar-refractivity contribution is 6.17. The van der Waals surface area contributed by atoms with E-state index in [0.29, 0.717) is 42.2 Å². The fourth-order valence-corrected chi connectivity index (χ4v) is 2.49. The highest BCUT2D eigenvalue weighted by Crippen LogP contribution is 2.21. The zero-order chi connectivity index (χ0) is 14.7. The smallest absolute Gasteiger partial charge is 0.228 e. The molecule has 0 aliphatic heterocycles. The second-order valence-electron chi connectivity index (χ2n) is 4.49. The second kappa shape index (κ2) is 5.94. The lowest BCUT2D eigenvalue weighted by atomic mass is 10.2. The van der Waals surface area contributed by atoms with E-state index in [9.17, 15) is 5.26 Å². The number of aromatic nitrogens is 4. The van der Waals surface area contributed by atoms with Crippen LogP contribution in [0.2, 0.25) is 0 Å². The van der Waals surface area contributed by atoms with E-state index in [4.69, 9.17) is 16.1 Å². The van der Waals surface area contributed by atoms with E-state index in [1.54, 1.807) is 6.07 Å². The van der Waals surface area contributed by atoms with Gasteiger partial charge in [0.2, 0.25) is 5.89 Å². The Morgan fingerprint density at radius 3 is 2.95 bits per heavy atom. The van der Waals surface area contributed by atoms with Gasteiger partial charge in [0.05, 0.1) is 11.1 Å². The molecule has 0 fully saturated rings. The predicted octanol–water partition coefficient (Wildman–Crippen LogP) is 2.31. The first-order valence-electron chi connectivity index (χ1n) is 6.53. The molecule has 6 nitrogen and oxygen atoms in total. The average molecular weight is 302 g/mol. The lowest BCUT2D eigenvalue weighted by molar-refractivity contribution is 0.371. The molecule has 0 atom stereocenters. The number of para-hydroxylation sites is 1. The molecule has 0 amide bonds. The van der Waals surface area contributed by atoms with Gasteiger partial charge in [0.1, 0.15) is 17.4 Å². The van der Waals surface area contributed by atoms with E-state index in [-0.39, 0.29) is 0 Å². The van der Waals surface area contributed by atoms with Crippen molar-refractivity contribution in [1.29, 1.82) is 5.26 Å². The molecule has 1 aromatic carbocycles.